The van der Waals surface area contributed by atoms with Gasteiger partial charge in [-0.15, -0.1) is 11.3 Å². The van der Waals surface area contributed by atoms with Crippen molar-refractivity contribution in [2.45, 2.75) is 19.6 Å². The summed E-state index contributed by atoms with van der Waals surface area (Å²) in [5.41, 5.74) is 0.196. The minimum absolute atomic E-state index is 0.0507. The average molecular weight is 368 g/mol. The highest BCUT2D eigenvalue weighted by molar-refractivity contribution is 7.09. The second-order valence-electron chi connectivity index (χ2n) is 5.04. The summed E-state index contributed by atoms with van der Waals surface area (Å²) in [7, 11) is 0. The molecule has 0 fully saturated rings. The van der Waals surface area contributed by atoms with Crippen molar-refractivity contribution in [3.8, 4) is 11.5 Å². The SMILES string of the molecule is CC(OC(=O)c1cc(Cl)c2c(c1)OCO2)C(=O)NCc1cccs1. The van der Waals surface area contributed by atoms with Crippen molar-refractivity contribution in [3.05, 3.63) is 45.1 Å². The molecular formula is C16H14ClNO5S. The van der Waals surface area contributed by atoms with Crippen LogP contribution in [0.5, 0.6) is 11.5 Å². The first kappa shape index (κ1) is 16.6. The van der Waals surface area contributed by atoms with E-state index < -0.39 is 12.1 Å². The van der Waals surface area contributed by atoms with Gasteiger partial charge in [-0.3, -0.25) is 4.79 Å². The maximum absolute atomic E-state index is 12.2. The van der Waals surface area contributed by atoms with Gasteiger partial charge in [0.05, 0.1) is 17.1 Å². The third-order valence-electron chi connectivity index (χ3n) is 3.33. The van der Waals surface area contributed by atoms with E-state index in [1.165, 1.54) is 30.4 Å². The molecule has 1 aromatic heterocycles. The van der Waals surface area contributed by atoms with Crippen molar-refractivity contribution in [2.24, 2.45) is 0 Å². The van der Waals surface area contributed by atoms with Crippen LogP contribution in [0.1, 0.15) is 22.2 Å². The molecule has 2 aromatic rings. The van der Waals surface area contributed by atoms with E-state index in [9.17, 15) is 9.59 Å². The van der Waals surface area contributed by atoms with Crippen LogP contribution in [-0.2, 0) is 16.1 Å². The molecule has 2 heterocycles. The van der Waals surface area contributed by atoms with E-state index in [1.54, 1.807) is 0 Å². The lowest BCUT2D eigenvalue weighted by atomic mass is 10.2. The molecule has 1 amide bonds. The summed E-state index contributed by atoms with van der Waals surface area (Å²) in [5, 5.41) is 4.90. The molecule has 0 saturated carbocycles. The summed E-state index contributed by atoms with van der Waals surface area (Å²) in [6.07, 6.45) is -0.929. The largest absolute Gasteiger partial charge is 0.454 e. The van der Waals surface area contributed by atoms with Gasteiger partial charge in [0, 0.05) is 4.88 Å². The Bertz CT molecular complexity index is 762. The molecule has 1 unspecified atom stereocenters. The number of hydrogen-bond donors (Lipinski definition) is 1. The van der Waals surface area contributed by atoms with E-state index >= 15 is 0 Å². The van der Waals surface area contributed by atoms with Crippen molar-refractivity contribution in [3.63, 3.8) is 0 Å². The number of esters is 1. The molecule has 8 heteroatoms. The topological polar surface area (TPSA) is 73.9 Å². The van der Waals surface area contributed by atoms with Crippen LogP contribution in [0, 0.1) is 0 Å². The lowest BCUT2D eigenvalue weighted by Gasteiger charge is -2.13. The van der Waals surface area contributed by atoms with Crippen LogP contribution in [0.25, 0.3) is 0 Å². The van der Waals surface area contributed by atoms with Gasteiger partial charge in [0.15, 0.2) is 17.6 Å². The summed E-state index contributed by atoms with van der Waals surface area (Å²) < 4.78 is 15.6. The quantitative estimate of drug-likeness (QED) is 0.822. The van der Waals surface area contributed by atoms with Crippen LogP contribution in [0.2, 0.25) is 5.02 Å². The van der Waals surface area contributed by atoms with Crippen LogP contribution in [0.15, 0.2) is 29.6 Å². The summed E-state index contributed by atoms with van der Waals surface area (Å²) >= 11 is 7.57. The minimum Gasteiger partial charge on any atom is -0.454 e. The standard InChI is InChI=1S/C16H14ClNO5S/c1-9(15(19)18-7-11-3-2-4-24-11)23-16(20)10-5-12(17)14-13(6-10)21-8-22-14/h2-6,9H,7-8H2,1H3,(H,18,19). The van der Waals surface area contributed by atoms with Crippen molar-refractivity contribution in [1.82, 2.24) is 5.32 Å². The highest BCUT2D eigenvalue weighted by Crippen LogP contribution is 2.39. The van der Waals surface area contributed by atoms with Gasteiger partial charge in [0.2, 0.25) is 6.79 Å². The number of benzene rings is 1. The Labute approximate surface area is 147 Å². The smallest absolute Gasteiger partial charge is 0.339 e. The van der Waals surface area contributed by atoms with Crippen LogP contribution in [0.4, 0.5) is 0 Å². The van der Waals surface area contributed by atoms with Gasteiger partial charge in [-0.2, -0.15) is 0 Å². The van der Waals surface area contributed by atoms with Crippen LogP contribution >= 0.6 is 22.9 Å². The van der Waals surface area contributed by atoms with Crippen molar-refractivity contribution >= 4 is 34.8 Å². The fourth-order valence-electron chi connectivity index (χ4n) is 2.10. The number of halogens is 1. The Morgan fingerprint density at radius 1 is 1.42 bits per heavy atom. The average Bonchev–Trinajstić information content (AvgIpc) is 3.23. The molecule has 0 bridgehead atoms. The molecule has 0 saturated heterocycles. The fourth-order valence-corrected chi connectivity index (χ4v) is 3.01. The third-order valence-corrected chi connectivity index (χ3v) is 4.49. The van der Waals surface area contributed by atoms with E-state index in [4.69, 9.17) is 25.8 Å². The summed E-state index contributed by atoms with van der Waals surface area (Å²) in [4.78, 5) is 25.2. The molecule has 0 aliphatic carbocycles. The molecule has 1 atom stereocenters. The van der Waals surface area contributed by atoms with Crippen LogP contribution in [0.3, 0.4) is 0 Å². The highest BCUT2D eigenvalue weighted by Gasteiger charge is 2.24. The summed E-state index contributed by atoms with van der Waals surface area (Å²) in [6, 6.07) is 6.72. The van der Waals surface area contributed by atoms with Crippen molar-refractivity contribution < 1.29 is 23.8 Å². The normalized spacial score (nSPS) is 13.4. The van der Waals surface area contributed by atoms with E-state index in [2.05, 4.69) is 5.32 Å². The molecule has 126 valence electrons. The van der Waals surface area contributed by atoms with Gasteiger partial charge >= 0.3 is 5.97 Å². The van der Waals surface area contributed by atoms with Gasteiger partial charge in [-0.25, -0.2) is 4.79 Å². The maximum atomic E-state index is 12.2. The van der Waals surface area contributed by atoms with Gasteiger partial charge in [0.1, 0.15) is 0 Å². The molecule has 1 aliphatic heterocycles. The Morgan fingerprint density at radius 3 is 3.00 bits per heavy atom. The van der Waals surface area contributed by atoms with E-state index in [0.29, 0.717) is 18.0 Å². The number of hydrogen-bond acceptors (Lipinski definition) is 6. The number of carbonyl (C=O) groups is 2. The number of nitrogens with one attached hydrogen (secondary N) is 1. The molecule has 1 aliphatic rings. The number of carbonyl (C=O) groups excluding carboxylic acids is 2. The van der Waals surface area contributed by atoms with Crippen molar-refractivity contribution in [1.29, 1.82) is 0 Å². The Morgan fingerprint density at radius 2 is 2.25 bits per heavy atom. The second kappa shape index (κ2) is 7.11. The van der Waals surface area contributed by atoms with Gasteiger partial charge < -0.3 is 19.5 Å². The predicted molar refractivity (Wildman–Crippen MR) is 88.6 cm³/mol. The number of fused-ring (bicyclic) bond motifs is 1. The van der Waals surface area contributed by atoms with Gasteiger partial charge in [0.25, 0.3) is 5.91 Å². The third kappa shape index (κ3) is 3.63. The molecule has 0 spiro atoms. The molecule has 3 rings (SSSR count). The first-order valence-electron chi connectivity index (χ1n) is 7.15. The number of thiophene rings is 1. The summed E-state index contributed by atoms with van der Waals surface area (Å²) in [6.45, 7) is 1.96. The lowest BCUT2D eigenvalue weighted by Crippen LogP contribution is -2.35. The zero-order valence-corrected chi connectivity index (χ0v) is 14.3. The Kier molecular flexibility index (Phi) is 4.92. The predicted octanol–water partition coefficient (Wildman–Crippen LogP) is 2.99. The fraction of sp³-hybridized carbons (Fsp3) is 0.250. The van der Waals surface area contributed by atoms with E-state index in [-0.39, 0.29) is 23.3 Å². The lowest BCUT2D eigenvalue weighted by molar-refractivity contribution is -0.129. The first-order chi connectivity index (χ1) is 11.5. The molecule has 6 nitrogen and oxygen atoms in total. The zero-order valence-electron chi connectivity index (χ0n) is 12.7. The van der Waals surface area contributed by atoms with Crippen molar-refractivity contribution in [2.75, 3.05) is 6.79 Å². The second-order valence-corrected chi connectivity index (χ2v) is 6.48. The molecule has 1 N–H and O–H groups in total. The molecule has 0 radical (unpaired) electrons. The summed E-state index contributed by atoms with van der Waals surface area (Å²) in [5.74, 6) is -0.253. The monoisotopic (exact) mass is 367 g/mol. The maximum Gasteiger partial charge on any atom is 0.339 e. The molecule has 1 aromatic carbocycles. The Balaban J connectivity index is 1.59. The van der Waals surface area contributed by atoms with Gasteiger partial charge in [-0.1, -0.05) is 17.7 Å². The minimum atomic E-state index is -0.929. The van der Waals surface area contributed by atoms with E-state index in [1.807, 2.05) is 17.5 Å². The molecular weight excluding hydrogens is 354 g/mol. The highest BCUT2D eigenvalue weighted by atomic mass is 35.5. The first-order valence-corrected chi connectivity index (χ1v) is 8.40. The zero-order chi connectivity index (χ0) is 17.1. The number of amides is 1. The number of rotatable bonds is 5. The number of ether oxygens (including phenoxy) is 3. The van der Waals surface area contributed by atoms with Gasteiger partial charge in [-0.05, 0) is 30.5 Å². The van der Waals surface area contributed by atoms with E-state index in [0.717, 1.165) is 4.88 Å². The molecule has 24 heavy (non-hydrogen) atoms. The van der Waals surface area contributed by atoms with Crippen LogP contribution < -0.4 is 14.8 Å². The van der Waals surface area contributed by atoms with Crippen LogP contribution in [-0.4, -0.2) is 24.8 Å². The Hall–Kier alpha value is -2.25.